The summed E-state index contributed by atoms with van der Waals surface area (Å²) in [6.07, 6.45) is 3.60. The van der Waals surface area contributed by atoms with Gasteiger partial charge in [-0.05, 0) is 32.4 Å². The third kappa shape index (κ3) is 3.06. The second kappa shape index (κ2) is 5.31. The van der Waals surface area contributed by atoms with Gasteiger partial charge in [0.2, 0.25) is 5.91 Å². The number of aryl methyl sites for hydroxylation is 1. The lowest BCUT2D eigenvalue weighted by Crippen LogP contribution is -2.42. The van der Waals surface area contributed by atoms with Gasteiger partial charge in [0, 0.05) is 25.2 Å². The average Bonchev–Trinajstić information content (AvgIpc) is 2.72. The zero-order chi connectivity index (χ0) is 12.3. The number of hydrogen-bond donors (Lipinski definition) is 2. The molecule has 0 bridgehead atoms. The number of piperidine rings is 1. The standard InChI is InChI=1S/C12H20N4O/c1-9-7-10(3-5-13-9)12(17)14-8-11-4-6-15-16(11)2/h4,6,9-10,13H,3,5,7-8H2,1-2H3,(H,14,17). The Labute approximate surface area is 102 Å². The smallest absolute Gasteiger partial charge is 0.223 e. The summed E-state index contributed by atoms with van der Waals surface area (Å²) in [5.41, 5.74) is 1.03. The molecule has 1 fully saturated rings. The normalized spacial score (nSPS) is 24.6. The van der Waals surface area contributed by atoms with Gasteiger partial charge in [0.1, 0.15) is 0 Å². The van der Waals surface area contributed by atoms with Crippen molar-refractivity contribution < 1.29 is 4.79 Å². The highest BCUT2D eigenvalue weighted by Crippen LogP contribution is 2.16. The van der Waals surface area contributed by atoms with E-state index >= 15 is 0 Å². The summed E-state index contributed by atoms with van der Waals surface area (Å²) in [5, 5.41) is 10.4. The Morgan fingerprint density at radius 1 is 1.71 bits per heavy atom. The van der Waals surface area contributed by atoms with E-state index in [9.17, 15) is 4.79 Å². The van der Waals surface area contributed by atoms with E-state index in [0.717, 1.165) is 25.1 Å². The first-order chi connectivity index (χ1) is 8.16. The van der Waals surface area contributed by atoms with Crippen molar-refractivity contribution in [3.8, 4) is 0 Å². The molecule has 1 aromatic heterocycles. The topological polar surface area (TPSA) is 59.0 Å². The molecule has 1 saturated heterocycles. The van der Waals surface area contributed by atoms with Crippen LogP contribution in [0.4, 0.5) is 0 Å². The van der Waals surface area contributed by atoms with E-state index in [1.807, 2.05) is 13.1 Å². The van der Waals surface area contributed by atoms with Crippen molar-refractivity contribution in [3.63, 3.8) is 0 Å². The van der Waals surface area contributed by atoms with Crippen LogP contribution < -0.4 is 10.6 Å². The van der Waals surface area contributed by atoms with E-state index < -0.39 is 0 Å². The van der Waals surface area contributed by atoms with E-state index in [1.165, 1.54) is 0 Å². The number of aromatic nitrogens is 2. The zero-order valence-electron chi connectivity index (χ0n) is 10.4. The minimum atomic E-state index is 0.152. The largest absolute Gasteiger partial charge is 0.350 e. The number of carbonyl (C=O) groups is 1. The molecule has 17 heavy (non-hydrogen) atoms. The molecule has 0 radical (unpaired) electrons. The summed E-state index contributed by atoms with van der Waals surface area (Å²) >= 11 is 0. The highest BCUT2D eigenvalue weighted by molar-refractivity contribution is 5.78. The summed E-state index contributed by atoms with van der Waals surface area (Å²) in [4.78, 5) is 12.0. The first kappa shape index (κ1) is 12.1. The summed E-state index contributed by atoms with van der Waals surface area (Å²) in [6.45, 7) is 3.62. The van der Waals surface area contributed by atoms with Crippen molar-refractivity contribution in [2.45, 2.75) is 32.4 Å². The molecule has 94 valence electrons. The van der Waals surface area contributed by atoms with Gasteiger partial charge in [0.05, 0.1) is 12.2 Å². The van der Waals surface area contributed by atoms with Crippen LogP contribution in [0, 0.1) is 5.92 Å². The quantitative estimate of drug-likeness (QED) is 0.800. The van der Waals surface area contributed by atoms with Crippen LogP contribution in [0.3, 0.4) is 0 Å². The maximum absolute atomic E-state index is 12.0. The SMILES string of the molecule is CC1CC(C(=O)NCc2ccnn2C)CCN1. The first-order valence-corrected chi connectivity index (χ1v) is 6.15. The Morgan fingerprint density at radius 2 is 2.53 bits per heavy atom. The minimum absolute atomic E-state index is 0.152. The summed E-state index contributed by atoms with van der Waals surface area (Å²) in [7, 11) is 1.88. The van der Waals surface area contributed by atoms with Crippen LogP contribution in [0.5, 0.6) is 0 Å². The number of carbonyl (C=O) groups excluding carboxylic acids is 1. The molecule has 5 heteroatoms. The molecular weight excluding hydrogens is 216 g/mol. The first-order valence-electron chi connectivity index (χ1n) is 6.15. The predicted octanol–water partition coefficient (Wildman–Crippen LogP) is 0.424. The Balaban J connectivity index is 1.83. The van der Waals surface area contributed by atoms with Gasteiger partial charge in [0.25, 0.3) is 0 Å². The summed E-state index contributed by atoms with van der Waals surface area (Å²) in [6, 6.07) is 2.36. The average molecular weight is 236 g/mol. The Bertz CT molecular complexity index is 388. The van der Waals surface area contributed by atoms with Gasteiger partial charge in [-0.2, -0.15) is 5.10 Å². The number of nitrogens with zero attached hydrogens (tertiary/aromatic N) is 2. The lowest BCUT2D eigenvalue weighted by molar-refractivity contribution is -0.126. The molecule has 5 nitrogen and oxygen atoms in total. The summed E-state index contributed by atoms with van der Waals surface area (Å²) < 4.78 is 1.78. The van der Waals surface area contributed by atoms with Gasteiger partial charge in [0.15, 0.2) is 0 Å². The number of nitrogens with one attached hydrogen (secondary N) is 2. The lowest BCUT2D eigenvalue weighted by Gasteiger charge is -2.27. The highest BCUT2D eigenvalue weighted by atomic mass is 16.1. The predicted molar refractivity (Wildman–Crippen MR) is 65.2 cm³/mol. The van der Waals surface area contributed by atoms with Gasteiger partial charge < -0.3 is 10.6 Å². The monoisotopic (exact) mass is 236 g/mol. The van der Waals surface area contributed by atoms with Crippen molar-refractivity contribution >= 4 is 5.91 Å². The van der Waals surface area contributed by atoms with E-state index in [1.54, 1.807) is 10.9 Å². The van der Waals surface area contributed by atoms with E-state index in [0.29, 0.717) is 12.6 Å². The molecule has 2 heterocycles. The molecule has 2 unspecified atom stereocenters. The van der Waals surface area contributed by atoms with Crippen LogP contribution in [0.1, 0.15) is 25.5 Å². The Morgan fingerprint density at radius 3 is 3.18 bits per heavy atom. The van der Waals surface area contributed by atoms with E-state index in [2.05, 4.69) is 22.7 Å². The van der Waals surface area contributed by atoms with Crippen molar-refractivity contribution in [3.05, 3.63) is 18.0 Å². The lowest BCUT2D eigenvalue weighted by atomic mass is 9.92. The Kier molecular flexibility index (Phi) is 3.78. The molecule has 2 N–H and O–H groups in total. The molecule has 0 spiro atoms. The fourth-order valence-corrected chi connectivity index (χ4v) is 2.27. The Hall–Kier alpha value is -1.36. The third-order valence-corrected chi connectivity index (χ3v) is 3.36. The molecule has 2 atom stereocenters. The van der Waals surface area contributed by atoms with Crippen LogP contribution in [0.15, 0.2) is 12.3 Å². The maximum atomic E-state index is 12.0. The fraction of sp³-hybridized carbons (Fsp3) is 0.667. The molecule has 1 aromatic rings. The highest BCUT2D eigenvalue weighted by Gasteiger charge is 2.24. The molecule has 1 aliphatic rings. The van der Waals surface area contributed by atoms with Crippen molar-refractivity contribution in [1.82, 2.24) is 20.4 Å². The van der Waals surface area contributed by atoms with Gasteiger partial charge >= 0.3 is 0 Å². The maximum Gasteiger partial charge on any atom is 0.223 e. The van der Waals surface area contributed by atoms with Gasteiger partial charge in [-0.1, -0.05) is 0 Å². The molecule has 0 aliphatic carbocycles. The molecule has 0 aromatic carbocycles. The van der Waals surface area contributed by atoms with E-state index in [4.69, 9.17) is 0 Å². The van der Waals surface area contributed by atoms with Crippen LogP contribution in [0.25, 0.3) is 0 Å². The number of amides is 1. The van der Waals surface area contributed by atoms with Crippen LogP contribution in [0.2, 0.25) is 0 Å². The molecule has 2 rings (SSSR count). The van der Waals surface area contributed by atoms with Crippen molar-refractivity contribution in [2.24, 2.45) is 13.0 Å². The van der Waals surface area contributed by atoms with Crippen molar-refractivity contribution in [1.29, 1.82) is 0 Å². The van der Waals surface area contributed by atoms with Crippen LogP contribution in [-0.2, 0) is 18.4 Å². The van der Waals surface area contributed by atoms with Crippen LogP contribution >= 0.6 is 0 Å². The number of hydrogen-bond acceptors (Lipinski definition) is 3. The van der Waals surface area contributed by atoms with Crippen LogP contribution in [-0.4, -0.2) is 28.3 Å². The number of rotatable bonds is 3. The summed E-state index contributed by atoms with van der Waals surface area (Å²) in [5.74, 6) is 0.319. The van der Waals surface area contributed by atoms with E-state index in [-0.39, 0.29) is 11.8 Å². The van der Waals surface area contributed by atoms with Gasteiger partial charge in [-0.25, -0.2) is 0 Å². The zero-order valence-corrected chi connectivity index (χ0v) is 10.4. The van der Waals surface area contributed by atoms with Gasteiger partial charge in [-0.3, -0.25) is 9.48 Å². The molecule has 1 amide bonds. The molecule has 1 aliphatic heterocycles. The third-order valence-electron chi connectivity index (χ3n) is 3.36. The minimum Gasteiger partial charge on any atom is -0.350 e. The van der Waals surface area contributed by atoms with Gasteiger partial charge in [-0.15, -0.1) is 0 Å². The second-order valence-corrected chi connectivity index (χ2v) is 4.74. The molecule has 0 saturated carbocycles. The second-order valence-electron chi connectivity index (χ2n) is 4.74. The fourth-order valence-electron chi connectivity index (χ4n) is 2.27. The van der Waals surface area contributed by atoms with Crippen molar-refractivity contribution in [2.75, 3.05) is 6.54 Å². The molecular formula is C12H20N4O.